The molecule has 0 unspecified atom stereocenters. The summed E-state index contributed by atoms with van der Waals surface area (Å²) in [6.07, 6.45) is 1.51. The van der Waals surface area contributed by atoms with Crippen molar-refractivity contribution in [3.63, 3.8) is 0 Å². The lowest BCUT2D eigenvalue weighted by molar-refractivity contribution is -0.122. The SMILES string of the molecule is C=C(CCNC(=O)c1ncoc1C)NC(=O)COc1ccc(Cl)c(F)c1. The third kappa shape index (κ3) is 5.59. The Morgan fingerprint density at radius 1 is 1.42 bits per heavy atom. The molecule has 2 aromatic rings. The molecular formula is C17H17ClFN3O4. The van der Waals surface area contributed by atoms with Gasteiger partial charge in [-0.05, 0) is 19.1 Å². The zero-order valence-corrected chi connectivity index (χ0v) is 14.7. The lowest BCUT2D eigenvalue weighted by atomic mass is 10.3. The fourth-order valence-corrected chi connectivity index (χ4v) is 2.06. The van der Waals surface area contributed by atoms with Crippen LogP contribution in [0.5, 0.6) is 5.75 Å². The van der Waals surface area contributed by atoms with E-state index in [9.17, 15) is 14.0 Å². The van der Waals surface area contributed by atoms with E-state index in [1.807, 2.05) is 0 Å². The van der Waals surface area contributed by atoms with Gasteiger partial charge in [-0.15, -0.1) is 0 Å². The van der Waals surface area contributed by atoms with Crippen LogP contribution in [0.2, 0.25) is 5.02 Å². The highest BCUT2D eigenvalue weighted by Gasteiger charge is 2.13. The molecule has 0 spiro atoms. The summed E-state index contributed by atoms with van der Waals surface area (Å²) in [6.45, 7) is 5.28. The summed E-state index contributed by atoms with van der Waals surface area (Å²) in [4.78, 5) is 27.4. The van der Waals surface area contributed by atoms with E-state index in [1.165, 1.54) is 18.5 Å². The first-order valence-corrected chi connectivity index (χ1v) is 7.98. The number of oxazole rings is 1. The summed E-state index contributed by atoms with van der Waals surface area (Å²) < 4.78 is 23.4. The lowest BCUT2D eigenvalue weighted by Gasteiger charge is -2.10. The minimum atomic E-state index is -0.632. The molecule has 138 valence electrons. The number of hydrogen-bond donors (Lipinski definition) is 2. The molecule has 1 aromatic heterocycles. The standard InChI is InChI=1S/C17H17ClFN3O4/c1-10(5-6-20-17(24)16-11(2)26-9-21-16)22-15(23)8-25-12-3-4-13(18)14(19)7-12/h3-4,7,9H,1,5-6,8H2,2H3,(H,20,24)(H,22,23). The van der Waals surface area contributed by atoms with Gasteiger partial charge >= 0.3 is 0 Å². The van der Waals surface area contributed by atoms with Crippen molar-refractivity contribution < 1.29 is 23.1 Å². The first kappa shape index (κ1) is 19.5. The molecule has 0 saturated heterocycles. The van der Waals surface area contributed by atoms with E-state index < -0.39 is 11.7 Å². The summed E-state index contributed by atoms with van der Waals surface area (Å²) in [5, 5.41) is 5.14. The van der Waals surface area contributed by atoms with Gasteiger partial charge in [0, 0.05) is 24.7 Å². The Morgan fingerprint density at radius 2 is 2.19 bits per heavy atom. The second-order valence-corrected chi connectivity index (χ2v) is 5.69. The van der Waals surface area contributed by atoms with Gasteiger partial charge in [-0.3, -0.25) is 9.59 Å². The smallest absolute Gasteiger partial charge is 0.273 e. The van der Waals surface area contributed by atoms with Crippen molar-refractivity contribution in [2.45, 2.75) is 13.3 Å². The minimum absolute atomic E-state index is 0.0296. The number of benzene rings is 1. The summed E-state index contributed by atoms with van der Waals surface area (Å²) in [7, 11) is 0. The van der Waals surface area contributed by atoms with Crippen LogP contribution in [-0.2, 0) is 4.79 Å². The highest BCUT2D eigenvalue weighted by molar-refractivity contribution is 6.30. The largest absolute Gasteiger partial charge is 0.484 e. The molecule has 0 fully saturated rings. The zero-order valence-electron chi connectivity index (χ0n) is 14.0. The van der Waals surface area contributed by atoms with Crippen molar-refractivity contribution >= 4 is 23.4 Å². The molecule has 1 heterocycles. The molecule has 0 aliphatic carbocycles. The Bertz CT molecular complexity index is 822. The first-order chi connectivity index (χ1) is 12.4. The van der Waals surface area contributed by atoms with E-state index in [0.29, 0.717) is 17.9 Å². The number of ether oxygens (including phenoxy) is 1. The van der Waals surface area contributed by atoms with Crippen LogP contribution in [0.15, 0.2) is 41.3 Å². The van der Waals surface area contributed by atoms with Crippen LogP contribution < -0.4 is 15.4 Å². The van der Waals surface area contributed by atoms with Crippen molar-refractivity contribution in [1.82, 2.24) is 15.6 Å². The molecule has 0 aliphatic heterocycles. The number of carbonyl (C=O) groups is 2. The normalized spacial score (nSPS) is 10.3. The minimum Gasteiger partial charge on any atom is -0.484 e. The molecule has 1 aromatic carbocycles. The number of aromatic nitrogens is 1. The number of rotatable bonds is 8. The second kappa shape index (κ2) is 9.00. The van der Waals surface area contributed by atoms with Gasteiger partial charge in [0.1, 0.15) is 17.3 Å². The van der Waals surface area contributed by atoms with Gasteiger partial charge in [0.15, 0.2) is 18.7 Å². The van der Waals surface area contributed by atoms with E-state index in [1.54, 1.807) is 6.92 Å². The molecule has 7 nitrogen and oxygen atoms in total. The Balaban J connectivity index is 1.68. The van der Waals surface area contributed by atoms with Crippen LogP contribution in [0.25, 0.3) is 0 Å². The van der Waals surface area contributed by atoms with Gasteiger partial charge < -0.3 is 19.8 Å². The van der Waals surface area contributed by atoms with Crippen molar-refractivity contribution in [2.24, 2.45) is 0 Å². The van der Waals surface area contributed by atoms with Gasteiger partial charge in [-0.25, -0.2) is 9.37 Å². The topological polar surface area (TPSA) is 93.5 Å². The molecule has 26 heavy (non-hydrogen) atoms. The van der Waals surface area contributed by atoms with Crippen LogP contribution in [0, 0.1) is 12.7 Å². The Kier molecular flexibility index (Phi) is 6.74. The monoisotopic (exact) mass is 381 g/mol. The highest BCUT2D eigenvalue weighted by Crippen LogP contribution is 2.20. The van der Waals surface area contributed by atoms with E-state index in [4.69, 9.17) is 20.8 Å². The average Bonchev–Trinajstić information content (AvgIpc) is 3.02. The predicted octanol–water partition coefficient (Wildman–Crippen LogP) is 2.60. The highest BCUT2D eigenvalue weighted by atomic mass is 35.5. The Labute approximate surface area is 154 Å². The number of aryl methyl sites for hydroxylation is 1. The molecule has 0 atom stereocenters. The quantitative estimate of drug-likeness (QED) is 0.733. The van der Waals surface area contributed by atoms with E-state index in [-0.39, 0.29) is 35.5 Å². The van der Waals surface area contributed by atoms with Crippen molar-refractivity contribution in [1.29, 1.82) is 0 Å². The van der Waals surface area contributed by atoms with Crippen molar-refractivity contribution in [2.75, 3.05) is 13.2 Å². The van der Waals surface area contributed by atoms with E-state index in [2.05, 4.69) is 22.2 Å². The average molecular weight is 382 g/mol. The number of amides is 2. The van der Waals surface area contributed by atoms with Crippen LogP contribution in [0.1, 0.15) is 22.7 Å². The fraction of sp³-hybridized carbons (Fsp3) is 0.235. The summed E-state index contributed by atoms with van der Waals surface area (Å²) in [6, 6.07) is 3.88. The van der Waals surface area contributed by atoms with Crippen LogP contribution >= 0.6 is 11.6 Å². The van der Waals surface area contributed by atoms with Crippen molar-refractivity contribution in [3.8, 4) is 5.75 Å². The van der Waals surface area contributed by atoms with Gasteiger partial charge in [0.2, 0.25) is 0 Å². The molecule has 2 amide bonds. The third-order valence-corrected chi connectivity index (χ3v) is 3.56. The number of nitrogens with one attached hydrogen (secondary N) is 2. The van der Waals surface area contributed by atoms with Gasteiger partial charge in [0.25, 0.3) is 11.8 Å². The maximum Gasteiger partial charge on any atom is 0.273 e. The molecule has 0 aliphatic rings. The number of nitrogens with zero attached hydrogens (tertiary/aromatic N) is 1. The van der Waals surface area contributed by atoms with Gasteiger partial charge in [-0.1, -0.05) is 18.2 Å². The summed E-state index contributed by atoms with van der Waals surface area (Å²) >= 11 is 5.56. The second-order valence-electron chi connectivity index (χ2n) is 5.28. The number of halogens is 2. The summed E-state index contributed by atoms with van der Waals surface area (Å²) in [5.74, 6) is -0.854. The fourth-order valence-electron chi connectivity index (χ4n) is 1.95. The van der Waals surface area contributed by atoms with Crippen molar-refractivity contribution in [3.05, 3.63) is 59.2 Å². The molecule has 0 bridgehead atoms. The first-order valence-electron chi connectivity index (χ1n) is 7.60. The van der Waals surface area contributed by atoms with Crippen LogP contribution in [0.3, 0.4) is 0 Å². The third-order valence-electron chi connectivity index (χ3n) is 3.25. The number of hydrogen-bond acceptors (Lipinski definition) is 5. The Hall–Kier alpha value is -2.87. The van der Waals surface area contributed by atoms with E-state index in [0.717, 1.165) is 6.07 Å². The molecule has 9 heteroatoms. The lowest BCUT2D eigenvalue weighted by Crippen LogP contribution is -2.31. The Morgan fingerprint density at radius 3 is 2.85 bits per heavy atom. The molecule has 0 saturated carbocycles. The molecule has 2 N–H and O–H groups in total. The van der Waals surface area contributed by atoms with Gasteiger partial charge in [0.05, 0.1) is 5.02 Å². The van der Waals surface area contributed by atoms with Gasteiger partial charge in [-0.2, -0.15) is 0 Å². The van der Waals surface area contributed by atoms with E-state index >= 15 is 0 Å². The van der Waals surface area contributed by atoms with Crippen LogP contribution in [0.4, 0.5) is 4.39 Å². The zero-order chi connectivity index (χ0) is 19.1. The predicted molar refractivity (Wildman–Crippen MR) is 92.4 cm³/mol. The molecule has 2 rings (SSSR count). The number of carbonyl (C=O) groups excluding carboxylic acids is 2. The molecular weight excluding hydrogens is 365 g/mol. The maximum absolute atomic E-state index is 13.3. The molecule has 0 radical (unpaired) electrons. The summed E-state index contributed by atoms with van der Waals surface area (Å²) in [5.41, 5.74) is 0.612. The van der Waals surface area contributed by atoms with Crippen LogP contribution in [-0.4, -0.2) is 29.9 Å². The maximum atomic E-state index is 13.3.